The van der Waals surface area contributed by atoms with Gasteiger partial charge < -0.3 is 15.8 Å². The van der Waals surface area contributed by atoms with Crippen LogP contribution in [0.4, 0.5) is 5.82 Å². The summed E-state index contributed by atoms with van der Waals surface area (Å²) in [5.41, 5.74) is 9.14. The van der Waals surface area contributed by atoms with Crippen molar-refractivity contribution in [3.8, 4) is 0 Å². The number of hydrogen-bond donors (Lipinski definition) is 2. The topological polar surface area (TPSA) is 74.7 Å². The predicted octanol–water partition coefficient (Wildman–Crippen LogP) is 2.43. The zero-order chi connectivity index (χ0) is 14.8. The first-order valence-electron chi connectivity index (χ1n) is 7.98. The summed E-state index contributed by atoms with van der Waals surface area (Å²) in [5, 5.41) is 12.3. The molecule has 2 aliphatic rings. The van der Waals surface area contributed by atoms with Crippen LogP contribution in [0.5, 0.6) is 0 Å². The van der Waals surface area contributed by atoms with Crippen molar-refractivity contribution in [3.63, 3.8) is 0 Å². The molecule has 0 amide bonds. The molecule has 1 unspecified atom stereocenters. The van der Waals surface area contributed by atoms with Crippen LogP contribution in [-0.2, 0) is 12.8 Å². The first kappa shape index (κ1) is 14.2. The molecule has 1 saturated heterocycles. The Morgan fingerprint density at radius 1 is 1.33 bits per heavy atom. The van der Waals surface area contributed by atoms with E-state index in [1.807, 2.05) is 0 Å². The molecule has 1 aliphatic heterocycles. The Kier molecular flexibility index (Phi) is 3.99. The summed E-state index contributed by atoms with van der Waals surface area (Å²) in [6.45, 7) is 3.24. The number of aryl methyl sites for hydroxylation is 2. The molecule has 3 N–H and O–H groups in total. The molecule has 5 heteroatoms. The molecule has 0 saturated carbocycles. The second-order valence-electron chi connectivity index (χ2n) is 6.20. The van der Waals surface area contributed by atoms with Gasteiger partial charge in [0.25, 0.3) is 0 Å². The molecule has 1 fully saturated rings. The van der Waals surface area contributed by atoms with Crippen LogP contribution in [-0.4, -0.2) is 28.6 Å². The van der Waals surface area contributed by atoms with Crippen molar-refractivity contribution in [2.75, 3.05) is 11.4 Å². The number of pyridine rings is 1. The summed E-state index contributed by atoms with van der Waals surface area (Å²) in [6.07, 6.45) is 8.13. The fourth-order valence-electron chi connectivity index (χ4n) is 3.51. The number of hydrogen-bond acceptors (Lipinski definition) is 4. The summed E-state index contributed by atoms with van der Waals surface area (Å²) in [6, 6.07) is 2.53. The van der Waals surface area contributed by atoms with Gasteiger partial charge in [0.05, 0.1) is 5.56 Å². The molecule has 0 spiro atoms. The van der Waals surface area contributed by atoms with E-state index in [0.717, 1.165) is 37.2 Å². The van der Waals surface area contributed by atoms with Crippen LogP contribution in [0.3, 0.4) is 0 Å². The van der Waals surface area contributed by atoms with Crippen molar-refractivity contribution in [3.05, 3.63) is 22.9 Å². The van der Waals surface area contributed by atoms with Gasteiger partial charge in [-0.15, -0.1) is 0 Å². The average Bonchev–Trinajstić information content (AvgIpc) is 2.85. The SMILES string of the molecule is CC1CCCCCN1c1nc2c(cc1C(N)=NO)CCC2. The second kappa shape index (κ2) is 5.92. The van der Waals surface area contributed by atoms with E-state index in [2.05, 4.69) is 23.0 Å². The lowest BCUT2D eigenvalue weighted by Gasteiger charge is -2.30. The largest absolute Gasteiger partial charge is 0.409 e. The molecule has 0 aromatic carbocycles. The van der Waals surface area contributed by atoms with Gasteiger partial charge in [0.15, 0.2) is 5.84 Å². The zero-order valence-corrected chi connectivity index (χ0v) is 12.7. The Morgan fingerprint density at radius 3 is 3.00 bits per heavy atom. The van der Waals surface area contributed by atoms with Gasteiger partial charge >= 0.3 is 0 Å². The van der Waals surface area contributed by atoms with E-state index in [1.54, 1.807) is 0 Å². The van der Waals surface area contributed by atoms with Crippen molar-refractivity contribution >= 4 is 11.7 Å². The van der Waals surface area contributed by atoms with Crippen LogP contribution in [0.25, 0.3) is 0 Å². The van der Waals surface area contributed by atoms with E-state index in [0.29, 0.717) is 6.04 Å². The first-order valence-corrected chi connectivity index (χ1v) is 7.98. The normalized spacial score (nSPS) is 23.0. The van der Waals surface area contributed by atoms with Crippen molar-refractivity contribution in [2.24, 2.45) is 10.9 Å². The van der Waals surface area contributed by atoms with Crippen LogP contribution in [0.2, 0.25) is 0 Å². The highest BCUT2D eigenvalue weighted by molar-refractivity contribution is 6.01. The van der Waals surface area contributed by atoms with E-state index in [-0.39, 0.29) is 5.84 Å². The molecule has 0 bridgehead atoms. The summed E-state index contributed by atoms with van der Waals surface area (Å²) in [7, 11) is 0. The minimum atomic E-state index is 0.170. The zero-order valence-electron chi connectivity index (χ0n) is 12.7. The lowest BCUT2D eigenvalue weighted by Crippen LogP contribution is -2.35. The Morgan fingerprint density at radius 2 is 2.19 bits per heavy atom. The fraction of sp³-hybridized carbons (Fsp3) is 0.625. The molecule has 114 valence electrons. The number of rotatable bonds is 2. The van der Waals surface area contributed by atoms with E-state index < -0.39 is 0 Å². The van der Waals surface area contributed by atoms with Gasteiger partial charge in [-0.05, 0) is 50.7 Å². The molecule has 1 aliphatic carbocycles. The third kappa shape index (κ3) is 2.69. The molecular formula is C16H24N4O. The van der Waals surface area contributed by atoms with E-state index >= 15 is 0 Å². The molecule has 1 aromatic heterocycles. The van der Waals surface area contributed by atoms with E-state index in [9.17, 15) is 0 Å². The molecule has 5 nitrogen and oxygen atoms in total. The molecule has 1 aromatic rings. The van der Waals surface area contributed by atoms with Crippen LogP contribution in [0.1, 0.15) is 55.8 Å². The highest BCUT2D eigenvalue weighted by Gasteiger charge is 2.25. The number of oxime groups is 1. The van der Waals surface area contributed by atoms with Crippen molar-refractivity contribution < 1.29 is 5.21 Å². The number of aromatic nitrogens is 1. The van der Waals surface area contributed by atoms with E-state index in [4.69, 9.17) is 15.9 Å². The van der Waals surface area contributed by atoms with Crippen LogP contribution >= 0.6 is 0 Å². The molecule has 21 heavy (non-hydrogen) atoms. The second-order valence-corrected chi connectivity index (χ2v) is 6.20. The smallest absolute Gasteiger partial charge is 0.173 e. The Labute approximate surface area is 125 Å². The van der Waals surface area contributed by atoms with Crippen LogP contribution in [0, 0.1) is 0 Å². The predicted molar refractivity (Wildman–Crippen MR) is 84.0 cm³/mol. The minimum absolute atomic E-state index is 0.170. The quantitative estimate of drug-likeness (QED) is 0.379. The standard InChI is InChI=1S/C16H24N4O/c1-11-6-3-2-4-9-20(11)16-13(15(17)19-21)10-12-7-5-8-14(12)18-16/h10-11,21H,2-9H2,1H3,(H2,17,19). The van der Waals surface area contributed by atoms with E-state index in [1.165, 1.54) is 36.9 Å². The number of nitrogens with two attached hydrogens (primary N) is 1. The maximum absolute atomic E-state index is 9.10. The Hall–Kier alpha value is -1.78. The van der Waals surface area contributed by atoms with Crippen molar-refractivity contribution in [1.82, 2.24) is 4.98 Å². The molecule has 1 atom stereocenters. The maximum Gasteiger partial charge on any atom is 0.173 e. The van der Waals surface area contributed by atoms with Crippen LogP contribution in [0.15, 0.2) is 11.2 Å². The Balaban J connectivity index is 2.06. The fourth-order valence-corrected chi connectivity index (χ4v) is 3.51. The number of nitrogens with zero attached hydrogens (tertiary/aromatic N) is 3. The first-order chi connectivity index (χ1) is 10.2. The molecular weight excluding hydrogens is 264 g/mol. The van der Waals surface area contributed by atoms with Gasteiger partial charge in [0.1, 0.15) is 5.82 Å². The monoisotopic (exact) mass is 288 g/mol. The summed E-state index contributed by atoms with van der Waals surface area (Å²) >= 11 is 0. The lowest BCUT2D eigenvalue weighted by molar-refractivity contribution is 0.318. The minimum Gasteiger partial charge on any atom is -0.409 e. The van der Waals surface area contributed by atoms with Gasteiger partial charge in [-0.25, -0.2) is 4.98 Å². The number of anilines is 1. The number of amidine groups is 1. The highest BCUT2D eigenvalue weighted by atomic mass is 16.4. The van der Waals surface area contributed by atoms with Gasteiger partial charge in [-0.3, -0.25) is 0 Å². The Bertz CT molecular complexity index is 555. The molecule has 2 heterocycles. The third-order valence-electron chi connectivity index (χ3n) is 4.74. The average molecular weight is 288 g/mol. The van der Waals surface area contributed by atoms with Gasteiger partial charge in [0.2, 0.25) is 0 Å². The summed E-state index contributed by atoms with van der Waals surface area (Å²) in [5.74, 6) is 1.07. The maximum atomic E-state index is 9.10. The van der Waals surface area contributed by atoms with Crippen molar-refractivity contribution in [2.45, 2.75) is 57.9 Å². The summed E-state index contributed by atoms with van der Waals surface area (Å²) < 4.78 is 0. The third-order valence-corrected chi connectivity index (χ3v) is 4.74. The number of fused-ring (bicyclic) bond motifs is 1. The van der Waals surface area contributed by atoms with Gasteiger partial charge in [-0.2, -0.15) is 0 Å². The highest BCUT2D eigenvalue weighted by Crippen LogP contribution is 2.30. The van der Waals surface area contributed by atoms with Gasteiger partial charge in [-0.1, -0.05) is 18.0 Å². The molecule has 0 radical (unpaired) electrons. The lowest BCUT2D eigenvalue weighted by atomic mass is 10.1. The summed E-state index contributed by atoms with van der Waals surface area (Å²) in [4.78, 5) is 7.24. The van der Waals surface area contributed by atoms with Crippen LogP contribution < -0.4 is 10.6 Å². The molecule has 3 rings (SSSR count). The van der Waals surface area contributed by atoms with Crippen molar-refractivity contribution in [1.29, 1.82) is 0 Å². The van der Waals surface area contributed by atoms with Gasteiger partial charge in [0, 0.05) is 18.3 Å².